The summed E-state index contributed by atoms with van der Waals surface area (Å²) < 4.78 is 16.4. The van der Waals surface area contributed by atoms with E-state index in [1.807, 2.05) is 7.05 Å². The Bertz CT molecular complexity index is 184. The summed E-state index contributed by atoms with van der Waals surface area (Å²) in [6.45, 7) is 3.99. The van der Waals surface area contributed by atoms with Gasteiger partial charge in [-0.1, -0.05) is 0 Å². The maximum Gasteiger partial charge on any atom is 0.0708 e. The molecule has 0 aromatic heterocycles. The van der Waals surface area contributed by atoms with Gasteiger partial charge in [-0.05, 0) is 45.7 Å². The molecule has 102 valence electrons. The van der Waals surface area contributed by atoms with E-state index in [4.69, 9.17) is 14.2 Å². The minimum atomic E-state index is 0.152. The van der Waals surface area contributed by atoms with E-state index in [-0.39, 0.29) is 5.60 Å². The van der Waals surface area contributed by atoms with Crippen molar-refractivity contribution in [1.82, 2.24) is 5.32 Å². The largest absolute Gasteiger partial charge is 0.385 e. The van der Waals surface area contributed by atoms with Crippen molar-refractivity contribution in [2.24, 2.45) is 0 Å². The summed E-state index contributed by atoms with van der Waals surface area (Å²) in [6, 6.07) is 0. The molecule has 0 aromatic rings. The molecule has 1 aliphatic rings. The third-order valence-corrected chi connectivity index (χ3v) is 3.37. The number of hydrogen-bond donors (Lipinski definition) is 1. The van der Waals surface area contributed by atoms with Crippen molar-refractivity contribution in [3.63, 3.8) is 0 Å². The third-order valence-electron chi connectivity index (χ3n) is 3.37. The topological polar surface area (TPSA) is 39.7 Å². The van der Waals surface area contributed by atoms with Crippen LogP contribution in [0.25, 0.3) is 0 Å². The molecule has 0 bridgehead atoms. The summed E-state index contributed by atoms with van der Waals surface area (Å²) in [6.07, 6.45) is 5.80. The lowest BCUT2D eigenvalue weighted by atomic mass is 9.77. The van der Waals surface area contributed by atoms with Crippen molar-refractivity contribution in [3.05, 3.63) is 0 Å². The molecular formula is C13H27NO3. The highest BCUT2D eigenvalue weighted by Gasteiger charge is 2.37. The monoisotopic (exact) mass is 245 g/mol. The molecule has 4 nitrogen and oxygen atoms in total. The van der Waals surface area contributed by atoms with Crippen molar-refractivity contribution in [2.45, 2.75) is 37.7 Å². The van der Waals surface area contributed by atoms with Gasteiger partial charge in [0.25, 0.3) is 0 Å². The van der Waals surface area contributed by atoms with Crippen LogP contribution in [-0.4, -0.2) is 52.7 Å². The Balaban J connectivity index is 1.96. The zero-order valence-electron chi connectivity index (χ0n) is 11.3. The van der Waals surface area contributed by atoms with Crippen LogP contribution in [0.5, 0.6) is 0 Å². The highest BCUT2D eigenvalue weighted by atomic mass is 16.5. The number of rotatable bonds is 11. The average molecular weight is 245 g/mol. The van der Waals surface area contributed by atoms with E-state index in [1.54, 1.807) is 7.11 Å². The summed E-state index contributed by atoms with van der Waals surface area (Å²) >= 11 is 0. The first kappa shape index (κ1) is 14.9. The molecule has 1 aliphatic carbocycles. The van der Waals surface area contributed by atoms with Gasteiger partial charge in [0.2, 0.25) is 0 Å². The Kier molecular flexibility index (Phi) is 7.77. The molecule has 0 atom stereocenters. The van der Waals surface area contributed by atoms with E-state index >= 15 is 0 Å². The first-order valence-electron chi connectivity index (χ1n) is 6.68. The van der Waals surface area contributed by atoms with Gasteiger partial charge < -0.3 is 19.5 Å². The van der Waals surface area contributed by atoms with Crippen LogP contribution in [-0.2, 0) is 14.2 Å². The van der Waals surface area contributed by atoms with Crippen LogP contribution in [0.15, 0.2) is 0 Å². The molecule has 1 rings (SSSR count). The van der Waals surface area contributed by atoms with Crippen LogP contribution in [0.2, 0.25) is 0 Å². The van der Waals surface area contributed by atoms with E-state index in [9.17, 15) is 0 Å². The highest BCUT2D eigenvalue weighted by molar-refractivity contribution is 4.90. The van der Waals surface area contributed by atoms with Crippen molar-refractivity contribution in [2.75, 3.05) is 47.1 Å². The standard InChI is InChI=1S/C13H27NO3/c1-14-8-7-13(5-3-6-13)17-12-11-16-10-4-9-15-2/h14H,3-12H2,1-2H3. The number of ether oxygens (including phenoxy) is 3. The molecule has 0 aliphatic heterocycles. The van der Waals surface area contributed by atoms with Crippen molar-refractivity contribution >= 4 is 0 Å². The SMILES string of the molecule is CNCCC1(OCCOCCCOC)CCC1. The summed E-state index contributed by atoms with van der Waals surface area (Å²) in [7, 11) is 3.70. The van der Waals surface area contributed by atoms with Gasteiger partial charge in [0.05, 0.1) is 18.8 Å². The average Bonchev–Trinajstić information content (AvgIpc) is 2.30. The molecule has 0 radical (unpaired) electrons. The van der Waals surface area contributed by atoms with Gasteiger partial charge in [-0.25, -0.2) is 0 Å². The molecular weight excluding hydrogens is 218 g/mol. The maximum absolute atomic E-state index is 5.98. The Labute approximate surface area is 105 Å². The normalized spacial score (nSPS) is 18.0. The molecule has 0 saturated heterocycles. The summed E-state index contributed by atoms with van der Waals surface area (Å²) in [4.78, 5) is 0. The van der Waals surface area contributed by atoms with Crippen LogP contribution >= 0.6 is 0 Å². The van der Waals surface area contributed by atoms with Crippen LogP contribution in [0, 0.1) is 0 Å². The van der Waals surface area contributed by atoms with Crippen molar-refractivity contribution in [3.8, 4) is 0 Å². The lowest BCUT2D eigenvalue weighted by Gasteiger charge is -2.41. The summed E-state index contributed by atoms with van der Waals surface area (Å²) in [5.74, 6) is 0. The Morgan fingerprint density at radius 3 is 2.53 bits per heavy atom. The molecule has 4 heteroatoms. The van der Waals surface area contributed by atoms with Gasteiger partial charge in [0.15, 0.2) is 0 Å². The van der Waals surface area contributed by atoms with Crippen molar-refractivity contribution < 1.29 is 14.2 Å². The van der Waals surface area contributed by atoms with E-state index in [0.29, 0.717) is 6.61 Å². The zero-order chi connectivity index (χ0) is 12.4. The van der Waals surface area contributed by atoms with E-state index in [2.05, 4.69) is 5.32 Å². The Morgan fingerprint density at radius 2 is 1.94 bits per heavy atom. The number of hydrogen-bond acceptors (Lipinski definition) is 4. The second kappa shape index (κ2) is 8.86. The van der Waals surface area contributed by atoms with Gasteiger partial charge in [-0.3, -0.25) is 0 Å². The number of nitrogens with one attached hydrogen (secondary N) is 1. The van der Waals surface area contributed by atoms with Gasteiger partial charge in [0.1, 0.15) is 0 Å². The maximum atomic E-state index is 5.98. The highest BCUT2D eigenvalue weighted by Crippen LogP contribution is 2.38. The zero-order valence-corrected chi connectivity index (χ0v) is 11.3. The molecule has 0 aromatic carbocycles. The molecule has 1 saturated carbocycles. The van der Waals surface area contributed by atoms with E-state index < -0.39 is 0 Å². The fourth-order valence-electron chi connectivity index (χ4n) is 2.11. The van der Waals surface area contributed by atoms with Gasteiger partial charge in [-0.15, -0.1) is 0 Å². The number of methoxy groups -OCH3 is 1. The summed E-state index contributed by atoms with van der Waals surface area (Å²) in [5.41, 5.74) is 0.152. The van der Waals surface area contributed by atoms with Crippen LogP contribution in [0.3, 0.4) is 0 Å². The molecule has 1 N–H and O–H groups in total. The third kappa shape index (κ3) is 5.82. The predicted molar refractivity (Wildman–Crippen MR) is 68.4 cm³/mol. The van der Waals surface area contributed by atoms with E-state index in [0.717, 1.165) is 39.2 Å². The Morgan fingerprint density at radius 1 is 1.12 bits per heavy atom. The Hall–Kier alpha value is -0.160. The quantitative estimate of drug-likeness (QED) is 0.561. The minimum Gasteiger partial charge on any atom is -0.385 e. The fraction of sp³-hybridized carbons (Fsp3) is 1.00. The molecule has 17 heavy (non-hydrogen) atoms. The van der Waals surface area contributed by atoms with E-state index in [1.165, 1.54) is 19.3 Å². The van der Waals surface area contributed by atoms with Crippen LogP contribution in [0.1, 0.15) is 32.1 Å². The van der Waals surface area contributed by atoms with Crippen molar-refractivity contribution in [1.29, 1.82) is 0 Å². The van der Waals surface area contributed by atoms with Gasteiger partial charge in [0, 0.05) is 20.3 Å². The first-order chi connectivity index (χ1) is 8.33. The first-order valence-corrected chi connectivity index (χ1v) is 6.68. The second-order valence-corrected chi connectivity index (χ2v) is 4.70. The molecule has 1 fully saturated rings. The predicted octanol–water partition coefficient (Wildman–Crippen LogP) is 1.59. The minimum absolute atomic E-state index is 0.152. The lowest BCUT2D eigenvalue weighted by molar-refractivity contribution is -0.118. The van der Waals surface area contributed by atoms with Crippen LogP contribution < -0.4 is 5.32 Å². The van der Waals surface area contributed by atoms with Gasteiger partial charge in [-0.2, -0.15) is 0 Å². The van der Waals surface area contributed by atoms with Crippen LogP contribution in [0.4, 0.5) is 0 Å². The second-order valence-electron chi connectivity index (χ2n) is 4.70. The summed E-state index contributed by atoms with van der Waals surface area (Å²) in [5, 5.41) is 3.19. The molecule has 0 heterocycles. The fourth-order valence-corrected chi connectivity index (χ4v) is 2.11. The molecule has 0 spiro atoms. The van der Waals surface area contributed by atoms with Gasteiger partial charge >= 0.3 is 0 Å². The lowest BCUT2D eigenvalue weighted by Crippen LogP contribution is -2.43. The molecule has 0 unspecified atom stereocenters. The smallest absolute Gasteiger partial charge is 0.0708 e. The molecule has 0 amide bonds.